The van der Waals surface area contributed by atoms with Crippen LogP contribution in [-0.2, 0) is 4.74 Å². The predicted molar refractivity (Wildman–Crippen MR) is 20.9 cm³/mol. The van der Waals surface area contributed by atoms with Gasteiger partial charge in [-0.1, -0.05) is 0 Å². The number of carbonyl (C=O) groups is 1. The van der Waals surface area contributed by atoms with Crippen LogP contribution in [0.3, 0.4) is 0 Å². The van der Waals surface area contributed by atoms with Gasteiger partial charge < -0.3 is 9.84 Å². The fraction of sp³-hybridized carbons (Fsp3) is 0.667. The van der Waals surface area contributed by atoms with Gasteiger partial charge in [0.2, 0.25) is 0 Å². The Kier molecular flexibility index (Phi) is 0.867. The Morgan fingerprint density at radius 1 is 2.00 bits per heavy atom. The summed E-state index contributed by atoms with van der Waals surface area (Å²) in [6.45, 7) is 0.659. The highest BCUT2D eigenvalue weighted by Crippen LogP contribution is 1.97. The Labute approximate surface area is 40.1 Å². The highest BCUT2D eigenvalue weighted by atomic mass is 16.7. The molecule has 1 aliphatic heterocycles. The van der Waals surface area contributed by atoms with Gasteiger partial charge in [0, 0.05) is 6.54 Å². The molecule has 1 fully saturated rings. The molecule has 1 saturated heterocycles. The number of hydrogen-bond acceptors (Lipinski definition) is 3. The molecule has 2 N–H and O–H groups in total. The zero-order valence-electron chi connectivity index (χ0n) is 3.55. The second kappa shape index (κ2) is 1.38. The van der Waals surface area contributed by atoms with Gasteiger partial charge >= 0.3 is 6.16 Å². The van der Waals surface area contributed by atoms with Crippen molar-refractivity contribution >= 4 is 6.16 Å². The van der Waals surface area contributed by atoms with Crippen molar-refractivity contribution in [3.8, 4) is 0 Å². The van der Waals surface area contributed by atoms with Gasteiger partial charge in [-0.3, -0.25) is 5.32 Å². The Morgan fingerprint density at radius 3 is 2.71 bits per heavy atom. The zero-order chi connectivity index (χ0) is 5.28. The second-order valence-corrected chi connectivity index (χ2v) is 1.28. The molecule has 0 spiro atoms. The molecule has 4 nitrogen and oxygen atoms in total. The second-order valence-electron chi connectivity index (χ2n) is 1.28. The van der Waals surface area contributed by atoms with Crippen LogP contribution < -0.4 is 5.32 Å². The van der Waals surface area contributed by atoms with Crippen molar-refractivity contribution in [3.63, 3.8) is 0 Å². The van der Waals surface area contributed by atoms with Crippen LogP contribution in [0.4, 0.5) is 4.79 Å². The normalized spacial score (nSPS) is 26.6. The van der Waals surface area contributed by atoms with Crippen LogP contribution >= 0.6 is 0 Å². The van der Waals surface area contributed by atoms with Gasteiger partial charge in [-0.25, -0.2) is 4.79 Å². The Balaban J connectivity index is 2.08. The van der Waals surface area contributed by atoms with Crippen molar-refractivity contribution in [2.45, 2.75) is 6.23 Å². The first-order chi connectivity index (χ1) is 3.29. The van der Waals surface area contributed by atoms with E-state index in [2.05, 4.69) is 10.1 Å². The smallest absolute Gasteiger partial charge is 0.450 e. The maximum Gasteiger partial charge on any atom is 0.507 e. The summed E-state index contributed by atoms with van der Waals surface area (Å²) in [6.07, 6.45) is -1.44. The minimum atomic E-state index is -1.21. The number of carboxylic acid groups (broad SMARTS) is 1. The first kappa shape index (κ1) is 4.39. The van der Waals surface area contributed by atoms with E-state index in [4.69, 9.17) is 5.11 Å². The van der Waals surface area contributed by atoms with Crippen LogP contribution in [0, 0.1) is 0 Å². The third kappa shape index (κ3) is 1.41. The topological polar surface area (TPSA) is 68.5 Å². The van der Waals surface area contributed by atoms with Crippen LogP contribution in [-0.4, -0.2) is 24.0 Å². The zero-order valence-corrected chi connectivity index (χ0v) is 3.55. The van der Waals surface area contributed by atoms with Crippen molar-refractivity contribution in [3.05, 3.63) is 0 Å². The Morgan fingerprint density at radius 2 is 2.57 bits per heavy atom. The van der Waals surface area contributed by atoms with Gasteiger partial charge in [0.05, 0.1) is 0 Å². The summed E-state index contributed by atoms with van der Waals surface area (Å²) >= 11 is 0. The molecule has 1 atom stereocenters. The molecular formula is C3H5NO3. The summed E-state index contributed by atoms with van der Waals surface area (Å²) in [4.78, 5) is 9.59. The predicted octanol–water partition coefficient (Wildman–Crippen LogP) is -0.390. The van der Waals surface area contributed by atoms with E-state index in [1.807, 2.05) is 0 Å². The van der Waals surface area contributed by atoms with E-state index < -0.39 is 6.16 Å². The van der Waals surface area contributed by atoms with Crippen molar-refractivity contribution in [2.24, 2.45) is 0 Å². The van der Waals surface area contributed by atoms with Crippen LogP contribution in [0.1, 0.15) is 0 Å². The molecule has 0 radical (unpaired) electrons. The average Bonchev–Trinajstić information content (AvgIpc) is 2.17. The molecule has 4 heteroatoms. The van der Waals surface area contributed by atoms with Crippen LogP contribution in [0.15, 0.2) is 0 Å². The molecule has 7 heavy (non-hydrogen) atoms. The molecule has 0 aromatic carbocycles. The third-order valence-corrected chi connectivity index (χ3v) is 0.614. The van der Waals surface area contributed by atoms with Gasteiger partial charge in [-0.2, -0.15) is 0 Å². The molecular weight excluding hydrogens is 98.0 g/mol. The van der Waals surface area contributed by atoms with Gasteiger partial charge in [0.1, 0.15) is 0 Å². The lowest BCUT2D eigenvalue weighted by molar-refractivity contribution is 0.0839. The molecule has 0 aliphatic carbocycles. The molecule has 1 rings (SSSR count). The first-order valence-corrected chi connectivity index (χ1v) is 1.92. The van der Waals surface area contributed by atoms with Crippen molar-refractivity contribution in [2.75, 3.05) is 6.54 Å². The molecule has 40 valence electrons. The van der Waals surface area contributed by atoms with Crippen LogP contribution in [0.25, 0.3) is 0 Å². The van der Waals surface area contributed by atoms with E-state index in [0.717, 1.165) is 0 Å². The van der Waals surface area contributed by atoms with Crippen molar-refractivity contribution in [1.29, 1.82) is 0 Å². The standard InChI is InChI=1S/C3H5NO3/c5-3(6)7-2-1-4-2/h2,4H,1H2,(H,5,6). The Hall–Kier alpha value is -0.770. The molecule has 0 amide bonds. The van der Waals surface area contributed by atoms with Crippen molar-refractivity contribution < 1.29 is 14.6 Å². The molecule has 1 unspecified atom stereocenters. The van der Waals surface area contributed by atoms with E-state index in [9.17, 15) is 4.79 Å². The largest absolute Gasteiger partial charge is 0.507 e. The summed E-state index contributed by atoms with van der Waals surface area (Å²) < 4.78 is 4.17. The first-order valence-electron chi connectivity index (χ1n) is 1.92. The fourth-order valence-electron chi connectivity index (χ4n) is 0.253. The molecule has 0 aromatic heterocycles. The lowest BCUT2D eigenvalue weighted by Gasteiger charge is -1.88. The average molecular weight is 103 g/mol. The van der Waals surface area contributed by atoms with Crippen LogP contribution in [0.5, 0.6) is 0 Å². The molecule has 0 aromatic rings. The van der Waals surface area contributed by atoms with E-state index in [0.29, 0.717) is 6.54 Å². The van der Waals surface area contributed by atoms with E-state index in [1.165, 1.54) is 0 Å². The van der Waals surface area contributed by atoms with Crippen LogP contribution in [0.2, 0.25) is 0 Å². The van der Waals surface area contributed by atoms with Crippen molar-refractivity contribution in [1.82, 2.24) is 5.32 Å². The summed E-state index contributed by atoms with van der Waals surface area (Å²) in [7, 11) is 0. The fourth-order valence-corrected chi connectivity index (χ4v) is 0.253. The van der Waals surface area contributed by atoms with E-state index in [1.54, 1.807) is 0 Å². The molecule has 1 aliphatic rings. The quantitative estimate of drug-likeness (QED) is 0.350. The minimum Gasteiger partial charge on any atom is -0.450 e. The van der Waals surface area contributed by atoms with Gasteiger partial charge in [-0.05, 0) is 0 Å². The molecule has 1 heterocycles. The maximum atomic E-state index is 9.59. The van der Waals surface area contributed by atoms with Gasteiger partial charge in [0.25, 0.3) is 0 Å². The highest BCUT2D eigenvalue weighted by molar-refractivity contribution is 5.57. The summed E-state index contributed by atoms with van der Waals surface area (Å²) in [5, 5.41) is 10.5. The maximum absolute atomic E-state index is 9.59. The SMILES string of the molecule is O=C(O)OC1CN1. The Bertz CT molecular complexity index is 88.2. The highest BCUT2D eigenvalue weighted by Gasteiger charge is 2.23. The van der Waals surface area contributed by atoms with Gasteiger partial charge in [0.15, 0.2) is 6.23 Å². The van der Waals surface area contributed by atoms with E-state index >= 15 is 0 Å². The third-order valence-electron chi connectivity index (χ3n) is 0.614. The lowest BCUT2D eigenvalue weighted by Crippen LogP contribution is -2.04. The minimum absolute atomic E-state index is 0.225. The molecule has 0 bridgehead atoms. The van der Waals surface area contributed by atoms with E-state index in [-0.39, 0.29) is 6.23 Å². The lowest BCUT2D eigenvalue weighted by atomic mass is 10.9. The number of nitrogens with one attached hydrogen (secondary N) is 1. The number of ether oxygens (including phenoxy) is 1. The summed E-state index contributed by atoms with van der Waals surface area (Å²) in [5.74, 6) is 0. The van der Waals surface area contributed by atoms with Gasteiger partial charge in [-0.15, -0.1) is 0 Å². The summed E-state index contributed by atoms with van der Waals surface area (Å²) in [6, 6.07) is 0. The summed E-state index contributed by atoms with van der Waals surface area (Å²) in [5.41, 5.74) is 0. The number of hydrogen-bond donors (Lipinski definition) is 2. The molecule has 0 saturated carbocycles. The monoisotopic (exact) mass is 103 g/mol. The number of rotatable bonds is 1.